The summed E-state index contributed by atoms with van der Waals surface area (Å²) in [4.78, 5) is 30.7. The van der Waals surface area contributed by atoms with Crippen LogP contribution in [0.2, 0.25) is 0 Å². The van der Waals surface area contributed by atoms with Crippen molar-refractivity contribution in [3.63, 3.8) is 0 Å². The second-order valence-electron chi connectivity index (χ2n) is 9.27. The lowest BCUT2D eigenvalue weighted by Crippen LogP contribution is -2.57. The van der Waals surface area contributed by atoms with Gasteiger partial charge in [-0.3, -0.25) is 9.69 Å². The second kappa shape index (κ2) is 10.3. The molecule has 3 rings (SSSR count). The molecule has 0 atom stereocenters. The van der Waals surface area contributed by atoms with Crippen molar-refractivity contribution in [3.05, 3.63) is 18.2 Å². The van der Waals surface area contributed by atoms with Crippen molar-refractivity contribution in [1.82, 2.24) is 9.80 Å². The van der Waals surface area contributed by atoms with Crippen LogP contribution in [0.3, 0.4) is 0 Å². The standard InChI is InChI=1S/C23H36N4O5/c1-23(2,3)32-22(29)26-11-12-27(21(28)16-26)17-7-9-25(10-8-17)20-6-5-18(15-19(20)24)31-14-13-30-4/h5-6,15,17H,7-14,16,24H2,1-4H3. The summed E-state index contributed by atoms with van der Waals surface area (Å²) in [6.45, 7) is 9.23. The van der Waals surface area contributed by atoms with E-state index >= 15 is 0 Å². The number of hydrogen-bond acceptors (Lipinski definition) is 7. The van der Waals surface area contributed by atoms with Gasteiger partial charge in [-0.25, -0.2) is 4.79 Å². The minimum atomic E-state index is -0.569. The third-order valence-electron chi connectivity index (χ3n) is 5.71. The highest BCUT2D eigenvalue weighted by atomic mass is 16.6. The van der Waals surface area contributed by atoms with E-state index in [1.807, 2.05) is 43.9 Å². The molecule has 2 amide bonds. The number of carbonyl (C=O) groups is 2. The normalized spacial score (nSPS) is 18.1. The summed E-state index contributed by atoms with van der Waals surface area (Å²) in [7, 11) is 1.64. The molecule has 0 unspecified atom stereocenters. The van der Waals surface area contributed by atoms with Crippen molar-refractivity contribution in [2.75, 3.05) is 63.7 Å². The third-order valence-corrected chi connectivity index (χ3v) is 5.71. The van der Waals surface area contributed by atoms with Crippen LogP contribution in [-0.2, 0) is 14.3 Å². The molecule has 32 heavy (non-hydrogen) atoms. The van der Waals surface area contributed by atoms with Crippen molar-refractivity contribution >= 4 is 23.4 Å². The predicted molar refractivity (Wildman–Crippen MR) is 123 cm³/mol. The molecule has 2 saturated heterocycles. The van der Waals surface area contributed by atoms with Crippen molar-refractivity contribution < 1.29 is 23.8 Å². The summed E-state index contributed by atoms with van der Waals surface area (Å²) in [5.74, 6) is 0.712. The largest absolute Gasteiger partial charge is 0.491 e. The van der Waals surface area contributed by atoms with Crippen molar-refractivity contribution in [2.45, 2.75) is 45.3 Å². The Morgan fingerprint density at radius 3 is 2.44 bits per heavy atom. The number of rotatable bonds is 6. The van der Waals surface area contributed by atoms with E-state index in [-0.39, 0.29) is 18.5 Å². The smallest absolute Gasteiger partial charge is 0.410 e. The van der Waals surface area contributed by atoms with Gasteiger partial charge < -0.3 is 29.7 Å². The predicted octanol–water partition coefficient (Wildman–Crippen LogP) is 2.34. The Morgan fingerprint density at radius 1 is 1.12 bits per heavy atom. The Morgan fingerprint density at radius 2 is 1.84 bits per heavy atom. The number of carbonyl (C=O) groups excluding carboxylic acids is 2. The molecule has 1 aromatic rings. The fourth-order valence-electron chi connectivity index (χ4n) is 4.13. The fraction of sp³-hybridized carbons (Fsp3) is 0.652. The summed E-state index contributed by atoms with van der Waals surface area (Å²) >= 11 is 0. The number of piperazine rings is 1. The number of methoxy groups -OCH3 is 1. The Kier molecular flexibility index (Phi) is 7.71. The number of amides is 2. The molecule has 0 aromatic heterocycles. The maximum atomic E-state index is 12.7. The molecule has 0 spiro atoms. The van der Waals surface area contributed by atoms with Gasteiger partial charge in [-0.15, -0.1) is 0 Å². The average molecular weight is 449 g/mol. The summed E-state index contributed by atoms with van der Waals surface area (Å²) in [5, 5.41) is 0. The molecular weight excluding hydrogens is 412 g/mol. The first-order valence-electron chi connectivity index (χ1n) is 11.2. The van der Waals surface area contributed by atoms with Crippen molar-refractivity contribution in [2.24, 2.45) is 0 Å². The van der Waals surface area contributed by atoms with Gasteiger partial charge in [0.25, 0.3) is 0 Å². The zero-order valence-electron chi connectivity index (χ0n) is 19.6. The van der Waals surface area contributed by atoms with Gasteiger partial charge in [-0.05, 0) is 45.7 Å². The SMILES string of the molecule is COCCOc1ccc(N2CCC(N3CCN(C(=O)OC(C)(C)C)CC3=O)CC2)c(N)c1. The highest BCUT2D eigenvalue weighted by molar-refractivity contribution is 5.84. The van der Waals surface area contributed by atoms with Crippen LogP contribution in [0, 0.1) is 0 Å². The van der Waals surface area contributed by atoms with Crippen LogP contribution in [0.15, 0.2) is 18.2 Å². The first-order chi connectivity index (χ1) is 15.2. The Hall–Kier alpha value is -2.68. The van der Waals surface area contributed by atoms with Crippen LogP contribution < -0.4 is 15.4 Å². The van der Waals surface area contributed by atoms with E-state index in [2.05, 4.69) is 4.90 Å². The molecule has 9 nitrogen and oxygen atoms in total. The number of anilines is 2. The van der Waals surface area contributed by atoms with E-state index in [0.717, 1.165) is 37.4 Å². The molecule has 2 fully saturated rings. The molecule has 0 radical (unpaired) electrons. The van der Waals surface area contributed by atoms with E-state index in [1.165, 1.54) is 4.90 Å². The summed E-state index contributed by atoms with van der Waals surface area (Å²) in [6.07, 6.45) is 1.30. The van der Waals surface area contributed by atoms with Crippen molar-refractivity contribution in [1.29, 1.82) is 0 Å². The van der Waals surface area contributed by atoms with E-state index in [0.29, 0.717) is 32.0 Å². The van der Waals surface area contributed by atoms with Gasteiger partial charge in [0, 0.05) is 45.4 Å². The zero-order valence-corrected chi connectivity index (χ0v) is 19.6. The number of nitrogens with two attached hydrogens (primary N) is 1. The van der Waals surface area contributed by atoms with Gasteiger partial charge in [-0.1, -0.05) is 0 Å². The van der Waals surface area contributed by atoms with Crippen molar-refractivity contribution in [3.8, 4) is 5.75 Å². The van der Waals surface area contributed by atoms with Crippen LogP contribution in [0.4, 0.5) is 16.2 Å². The van der Waals surface area contributed by atoms with E-state index in [9.17, 15) is 9.59 Å². The fourth-order valence-corrected chi connectivity index (χ4v) is 4.13. The van der Waals surface area contributed by atoms with Crippen LogP contribution in [0.25, 0.3) is 0 Å². The third kappa shape index (κ3) is 6.18. The van der Waals surface area contributed by atoms with E-state index in [4.69, 9.17) is 19.9 Å². The van der Waals surface area contributed by atoms with E-state index in [1.54, 1.807) is 7.11 Å². The molecule has 2 aliphatic heterocycles. The lowest BCUT2D eigenvalue weighted by Gasteiger charge is -2.43. The van der Waals surface area contributed by atoms with Crippen LogP contribution in [-0.4, -0.2) is 86.5 Å². The Balaban J connectivity index is 1.51. The maximum absolute atomic E-state index is 12.7. The molecule has 178 valence electrons. The minimum absolute atomic E-state index is 0.0161. The van der Waals surface area contributed by atoms with E-state index < -0.39 is 11.7 Å². The molecular formula is C23H36N4O5. The molecule has 9 heteroatoms. The Bertz CT molecular complexity index is 802. The topological polar surface area (TPSA) is 97.6 Å². The van der Waals surface area contributed by atoms with Gasteiger partial charge in [0.15, 0.2) is 0 Å². The monoisotopic (exact) mass is 448 g/mol. The first kappa shape index (κ1) is 24.0. The number of benzene rings is 1. The summed E-state index contributed by atoms with van der Waals surface area (Å²) in [6, 6.07) is 5.93. The minimum Gasteiger partial charge on any atom is -0.491 e. The summed E-state index contributed by atoms with van der Waals surface area (Å²) < 4.78 is 16.0. The average Bonchev–Trinajstić information content (AvgIpc) is 2.73. The number of ether oxygens (including phenoxy) is 3. The van der Waals surface area contributed by atoms with Gasteiger partial charge in [-0.2, -0.15) is 0 Å². The van der Waals surface area contributed by atoms with Gasteiger partial charge in [0.2, 0.25) is 5.91 Å². The highest BCUT2D eigenvalue weighted by Crippen LogP contribution is 2.31. The second-order valence-corrected chi connectivity index (χ2v) is 9.27. The molecule has 0 bridgehead atoms. The van der Waals surface area contributed by atoms with Gasteiger partial charge in [0.1, 0.15) is 24.5 Å². The highest BCUT2D eigenvalue weighted by Gasteiger charge is 2.35. The van der Waals surface area contributed by atoms with Gasteiger partial charge >= 0.3 is 6.09 Å². The first-order valence-corrected chi connectivity index (χ1v) is 11.2. The molecule has 0 saturated carbocycles. The molecule has 0 aliphatic carbocycles. The van der Waals surface area contributed by atoms with Crippen LogP contribution in [0.1, 0.15) is 33.6 Å². The zero-order chi connectivity index (χ0) is 23.3. The number of hydrogen-bond donors (Lipinski definition) is 1. The van der Waals surface area contributed by atoms with Crippen LogP contribution in [0.5, 0.6) is 5.75 Å². The molecule has 2 heterocycles. The molecule has 2 aliphatic rings. The number of piperidine rings is 1. The van der Waals surface area contributed by atoms with Crippen LogP contribution >= 0.6 is 0 Å². The molecule has 1 aromatic carbocycles. The molecule has 2 N–H and O–H groups in total. The maximum Gasteiger partial charge on any atom is 0.410 e. The Labute approximate surface area is 190 Å². The number of nitrogen functional groups attached to an aromatic ring is 1. The van der Waals surface area contributed by atoms with Gasteiger partial charge in [0.05, 0.1) is 18.0 Å². The quantitative estimate of drug-likeness (QED) is 0.527. The lowest BCUT2D eigenvalue weighted by molar-refractivity contribution is -0.139. The summed E-state index contributed by atoms with van der Waals surface area (Å²) in [5.41, 5.74) is 7.38. The number of nitrogens with zero attached hydrogens (tertiary/aromatic N) is 3. The lowest BCUT2D eigenvalue weighted by atomic mass is 10.0.